The molecule has 1 fully saturated rings. The summed E-state index contributed by atoms with van der Waals surface area (Å²) >= 11 is 0. The summed E-state index contributed by atoms with van der Waals surface area (Å²) in [6.45, 7) is 6.37. The predicted octanol–water partition coefficient (Wildman–Crippen LogP) is 0.830. The second kappa shape index (κ2) is 4.57. The van der Waals surface area contributed by atoms with Gasteiger partial charge in [-0.1, -0.05) is 12.2 Å². The summed E-state index contributed by atoms with van der Waals surface area (Å²) in [7, 11) is 0. The SMILES string of the molecule is CC(=O)NC/C=C/C1COC(C)(C)O1. The third kappa shape index (κ3) is 3.89. The first-order valence-corrected chi connectivity index (χ1v) is 4.72. The van der Waals surface area contributed by atoms with E-state index in [0.717, 1.165) is 0 Å². The molecule has 1 atom stereocenters. The Morgan fingerprint density at radius 1 is 1.64 bits per heavy atom. The van der Waals surface area contributed by atoms with Crippen LogP contribution in [0.5, 0.6) is 0 Å². The van der Waals surface area contributed by atoms with Gasteiger partial charge in [0.25, 0.3) is 0 Å². The maximum atomic E-state index is 10.5. The number of rotatable bonds is 3. The van der Waals surface area contributed by atoms with Crippen LogP contribution in [-0.4, -0.2) is 30.9 Å². The fraction of sp³-hybridized carbons (Fsp3) is 0.700. The lowest BCUT2D eigenvalue weighted by molar-refractivity contribution is -0.133. The molecule has 1 saturated heterocycles. The van der Waals surface area contributed by atoms with Gasteiger partial charge in [0.05, 0.1) is 6.61 Å². The van der Waals surface area contributed by atoms with Gasteiger partial charge in [-0.05, 0) is 13.8 Å². The van der Waals surface area contributed by atoms with Crippen LogP contribution in [0.3, 0.4) is 0 Å². The standard InChI is InChI=1S/C10H17NO3/c1-8(12)11-6-4-5-9-7-13-10(2,3)14-9/h4-5,9H,6-7H2,1-3H3,(H,11,12)/b5-4+. The van der Waals surface area contributed by atoms with Crippen LogP contribution in [0.25, 0.3) is 0 Å². The number of ether oxygens (including phenoxy) is 2. The van der Waals surface area contributed by atoms with E-state index in [1.165, 1.54) is 6.92 Å². The zero-order chi connectivity index (χ0) is 10.6. The van der Waals surface area contributed by atoms with E-state index in [1.807, 2.05) is 26.0 Å². The molecular weight excluding hydrogens is 182 g/mol. The highest BCUT2D eigenvalue weighted by Crippen LogP contribution is 2.22. The van der Waals surface area contributed by atoms with E-state index >= 15 is 0 Å². The first kappa shape index (κ1) is 11.2. The van der Waals surface area contributed by atoms with Crippen molar-refractivity contribution in [1.29, 1.82) is 0 Å². The average molecular weight is 199 g/mol. The maximum absolute atomic E-state index is 10.5. The van der Waals surface area contributed by atoms with Crippen LogP contribution in [-0.2, 0) is 14.3 Å². The number of hydrogen-bond donors (Lipinski definition) is 1. The first-order valence-electron chi connectivity index (χ1n) is 4.72. The van der Waals surface area contributed by atoms with Gasteiger partial charge in [0.15, 0.2) is 5.79 Å². The lowest BCUT2D eigenvalue weighted by Crippen LogP contribution is -2.21. The van der Waals surface area contributed by atoms with Gasteiger partial charge >= 0.3 is 0 Å². The molecule has 14 heavy (non-hydrogen) atoms. The Morgan fingerprint density at radius 2 is 2.36 bits per heavy atom. The summed E-state index contributed by atoms with van der Waals surface area (Å²) in [5, 5.41) is 2.67. The molecule has 4 nitrogen and oxygen atoms in total. The van der Waals surface area contributed by atoms with Crippen molar-refractivity contribution in [3.8, 4) is 0 Å². The minimum atomic E-state index is -0.483. The van der Waals surface area contributed by atoms with Gasteiger partial charge in [-0.15, -0.1) is 0 Å². The molecular formula is C10H17NO3. The molecule has 1 aliphatic rings. The van der Waals surface area contributed by atoms with Crippen molar-refractivity contribution in [2.24, 2.45) is 0 Å². The Labute approximate surface area is 84.3 Å². The monoisotopic (exact) mass is 199 g/mol. The summed E-state index contributed by atoms with van der Waals surface area (Å²) in [6, 6.07) is 0. The second-order valence-electron chi connectivity index (χ2n) is 3.73. The van der Waals surface area contributed by atoms with Gasteiger partial charge in [-0.3, -0.25) is 4.79 Å². The minimum absolute atomic E-state index is 0.00115. The minimum Gasteiger partial charge on any atom is -0.353 e. The summed E-state index contributed by atoms with van der Waals surface area (Å²) < 4.78 is 10.9. The van der Waals surface area contributed by atoms with Crippen molar-refractivity contribution in [1.82, 2.24) is 5.32 Å². The number of hydrogen-bond acceptors (Lipinski definition) is 3. The van der Waals surface area contributed by atoms with E-state index in [9.17, 15) is 4.79 Å². The fourth-order valence-corrected chi connectivity index (χ4v) is 1.23. The smallest absolute Gasteiger partial charge is 0.217 e. The molecule has 1 unspecified atom stereocenters. The van der Waals surface area contributed by atoms with Gasteiger partial charge in [-0.25, -0.2) is 0 Å². The van der Waals surface area contributed by atoms with Gasteiger partial charge in [-0.2, -0.15) is 0 Å². The largest absolute Gasteiger partial charge is 0.353 e. The third-order valence-corrected chi connectivity index (χ3v) is 1.85. The second-order valence-corrected chi connectivity index (χ2v) is 3.73. The molecule has 0 bridgehead atoms. The Balaban J connectivity index is 2.22. The topological polar surface area (TPSA) is 47.6 Å². The predicted molar refractivity (Wildman–Crippen MR) is 52.7 cm³/mol. The van der Waals surface area contributed by atoms with Crippen molar-refractivity contribution < 1.29 is 14.3 Å². The van der Waals surface area contributed by atoms with Gasteiger partial charge in [0, 0.05) is 13.5 Å². The van der Waals surface area contributed by atoms with Crippen LogP contribution in [0.2, 0.25) is 0 Å². The molecule has 0 aromatic heterocycles. The summed E-state index contributed by atoms with van der Waals surface area (Å²) in [6.07, 6.45) is 3.78. The van der Waals surface area contributed by atoms with Gasteiger partial charge in [0.2, 0.25) is 5.91 Å². The lowest BCUT2D eigenvalue weighted by Gasteiger charge is -2.15. The number of carbonyl (C=O) groups excluding carboxylic acids is 1. The Morgan fingerprint density at radius 3 is 2.86 bits per heavy atom. The highest BCUT2D eigenvalue weighted by Gasteiger charge is 2.30. The zero-order valence-corrected chi connectivity index (χ0v) is 8.87. The van der Waals surface area contributed by atoms with E-state index in [0.29, 0.717) is 13.2 Å². The highest BCUT2D eigenvalue weighted by molar-refractivity contribution is 5.72. The molecule has 1 N–H and O–H groups in total. The van der Waals surface area contributed by atoms with Crippen molar-refractivity contribution >= 4 is 5.91 Å². The zero-order valence-electron chi connectivity index (χ0n) is 8.87. The highest BCUT2D eigenvalue weighted by atomic mass is 16.7. The molecule has 80 valence electrons. The van der Waals surface area contributed by atoms with Crippen LogP contribution in [0.1, 0.15) is 20.8 Å². The molecule has 0 aromatic carbocycles. The van der Waals surface area contributed by atoms with Crippen molar-refractivity contribution in [2.45, 2.75) is 32.7 Å². The fourth-order valence-electron chi connectivity index (χ4n) is 1.23. The van der Waals surface area contributed by atoms with Crippen LogP contribution < -0.4 is 5.32 Å². The molecule has 0 saturated carbocycles. The van der Waals surface area contributed by atoms with E-state index < -0.39 is 5.79 Å². The molecule has 1 heterocycles. The average Bonchev–Trinajstić information content (AvgIpc) is 2.39. The van der Waals surface area contributed by atoms with Crippen LogP contribution >= 0.6 is 0 Å². The number of carbonyl (C=O) groups is 1. The summed E-state index contributed by atoms with van der Waals surface area (Å²) in [5.41, 5.74) is 0. The van der Waals surface area contributed by atoms with Crippen LogP contribution in [0.4, 0.5) is 0 Å². The van der Waals surface area contributed by atoms with Gasteiger partial charge < -0.3 is 14.8 Å². The molecule has 1 rings (SSSR count). The maximum Gasteiger partial charge on any atom is 0.217 e. The molecule has 0 spiro atoms. The number of amides is 1. The Hall–Kier alpha value is -0.870. The molecule has 1 aliphatic heterocycles. The van der Waals surface area contributed by atoms with E-state index in [1.54, 1.807) is 0 Å². The molecule has 0 aromatic rings. The van der Waals surface area contributed by atoms with E-state index in [2.05, 4.69) is 5.32 Å². The summed E-state index contributed by atoms with van der Waals surface area (Å²) in [4.78, 5) is 10.5. The third-order valence-electron chi connectivity index (χ3n) is 1.85. The van der Waals surface area contributed by atoms with Crippen molar-refractivity contribution in [3.63, 3.8) is 0 Å². The van der Waals surface area contributed by atoms with Gasteiger partial charge in [0.1, 0.15) is 6.10 Å². The summed E-state index contributed by atoms with van der Waals surface area (Å²) in [5.74, 6) is -0.512. The van der Waals surface area contributed by atoms with Crippen LogP contribution in [0, 0.1) is 0 Å². The lowest BCUT2D eigenvalue weighted by atomic mass is 10.3. The normalized spacial score (nSPS) is 25.5. The van der Waals surface area contributed by atoms with Crippen molar-refractivity contribution in [2.75, 3.05) is 13.2 Å². The number of nitrogens with one attached hydrogen (secondary N) is 1. The first-order chi connectivity index (χ1) is 6.49. The molecule has 0 radical (unpaired) electrons. The quantitative estimate of drug-likeness (QED) is 0.685. The van der Waals surface area contributed by atoms with Crippen LogP contribution in [0.15, 0.2) is 12.2 Å². The molecule has 4 heteroatoms. The Kier molecular flexibility index (Phi) is 3.66. The Bertz CT molecular complexity index is 236. The molecule has 0 aliphatic carbocycles. The van der Waals surface area contributed by atoms with E-state index in [4.69, 9.17) is 9.47 Å². The molecule has 1 amide bonds. The van der Waals surface area contributed by atoms with Crippen molar-refractivity contribution in [3.05, 3.63) is 12.2 Å². The van der Waals surface area contributed by atoms with E-state index in [-0.39, 0.29) is 12.0 Å².